The van der Waals surface area contributed by atoms with Gasteiger partial charge in [-0.3, -0.25) is 4.79 Å². The van der Waals surface area contributed by atoms with E-state index in [1.54, 1.807) is 12.1 Å². The van der Waals surface area contributed by atoms with Crippen LogP contribution in [0.1, 0.15) is 36.3 Å². The number of nitrogens with zero attached hydrogens (tertiary/aromatic N) is 3. The Morgan fingerprint density at radius 3 is 2.59 bits per heavy atom. The van der Waals surface area contributed by atoms with Crippen molar-refractivity contribution in [3.63, 3.8) is 0 Å². The molecule has 2 N–H and O–H groups in total. The van der Waals surface area contributed by atoms with Crippen LogP contribution in [-0.4, -0.2) is 26.0 Å². The maximum Gasteiger partial charge on any atom is 0.240 e. The van der Waals surface area contributed by atoms with Gasteiger partial charge < -0.3 is 10.7 Å². The smallest absolute Gasteiger partial charge is 0.240 e. The van der Waals surface area contributed by atoms with Crippen molar-refractivity contribution in [3.8, 4) is 0 Å². The fourth-order valence-corrected chi connectivity index (χ4v) is 4.35. The van der Waals surface area contributed by atoms with Gasteiger partial charge in [0.15, 0.2) is 5.82 Å². The summed E-state index contributed by atoms with van der Waals surface area (Å²) in [6.07, 6.45) is 1.75. The Balaban J connectivity index is 1.65. The van der Waals surface area contributed by atoms with Gasteiger partial charge in [0, 0.05) is 12.1 Å². The van der Waals surface area contributed by atoms with Gasteiger partial charge in [-0.2, -0.15) is 0 Å². The number of aromatic nitrogens is 3. The summed E-state index contributed by atoms with van der Waals surface area (Å²) >= 11 is 1.38. The number of anilines is 1. The molecule has 0 saturated carbocycles. The van der Waals surface area contributed by atoms with E-state index in [4.69, 9.17) is 0 Å². The molecule has 0 saturated heterocycles. The highest BCUT2D eigenvalue weighted by molar-refractivity contribution is 8.00. The zero-order valence-corrected chi connectivity index (χ0v) is 17.0. The quantitative estimate of drug-likeness (QED) is 0.662. The molecule has 2 atom stereocenters. The summed E-state index contributed by atoms with van der Waals surface area (Å²) in [6.45, 7) is 4.12. The lowest BCUT2D eigenvalue weighted by Crippen LogP contribution is -2.41. The average Bonchev–Trinajstić information content (AvgIpc) is 3.11. The highest BCUT2D eigenvalue weighted by atomic mass is 32.2. The first-order valence-corrected chi connectivity index (χ1v) is 10.4. The SMILES string of the molecule is CCCc1nnc2n1N[C@@H](c1ccc(C)cc1)[C@@H](C(=O)Nc1ccc(F)cc1)S2. The summed E-state index contributed by atoms with van der Waals surface area (Å²) in [5, 5.41) is 11.6. The molecule has 3 aromatic rings. The Morgan fingerprint density at radius 2 is 1.90 bits per heavy atom. The van der Waals surface area contributed by atoms with Crippen LogP contribution in [0.2, 0.25) is 0 Å². The highest BCUT2D eigenvalue weighted by Gasteiger charge is 2.37. The molecule has 0 spiro atoms. The minimum absolute atomic E-state index is 0.175. The third-order valence-corrected chi connectivity index (χ3v) is 6.00. The van der Waals surface area contributed by atoms with E-state index in [2.05, 4.69) is 27.9 Å². The van der Waals surface area contributed by atoms with Gasteiger partial charge in [-0.1, -0.05) is 48.5 Å². The number of hydrogen-bond acceptors (Lipinski definition) is 5. The zero-order chi connectivity index (χ0) is 20.4. The molecule has 0 aliphatic carbocycles. The van der Waals surface area contributed by atoms with E-state index in [-0.39, 0.29) is 17.8 Å². The molecule has 1 aliphatic heterocycles. The van der Waals surface area contributed by atoms with Crippen LogP contribution in [0.4, 0.5) is 10.1 Å². The predicted octanol–water partition coefficient (Wildman–Crippen LogP) is 4.08. The first-order valence-electron chi connectivity index (χ1n) is 9.55. The second kappa shape index (κ2) is 8.24. The van der Waals surface area contributed by atoms with Gasteiger partial charge in [-0.25, -0.2) is 9.07 Å². The molecular formula is C21H22FN5OS. The summed E-state index contributed by atoms with van der Waals surface area (Å²) in [7, 11) is 0. The fraction of sp³-hybridized carbons (Fsp3) is 0.286. The number of hydrogen-bond donors (Lipinski definition) is 2. The lowest BCUT2D eigenvalue weighted by molar-refractivity contribution is -0.116. The van der Waals surface area contributed by atoms with E-state index in [1.807, 2.05) is 35.9 Å². The molecule has 0 unspecified atom stereocenters. The fourth-order valence-electron chi connectivity index (χ4n) is 3.25. The number of aryl methyl sites for hydroxylation is 2. The van der Waals surface area contributed by atoms with E-state index < -0.39 is 5.25 Å². The van der Waals surface area contributed by atoms with Crippen molar-refractivity contribution in [1.29, 1.82) is 0 Å². The summed E-state index contributed by atoms with van der Waals surface area (Å²) < 4.78 is 15.1. The van der Waals surface area contributed by atoms with Crippen LogP contribution in [0, 0.1) is 12.7 Å². The maximum absolute atomic E-state index is 13.2. The Hall–Kier alpha value is -2.87. The van der Waals surface area contributed by atoms with Crippen molar-refractivity contribution in [2.45, 2.75) is 43.1 Å². The van der Waals surface area contributed by atoms with Gasteiger partial charge >= 0.3 is 0 Å². The largest absolute Gasteiger partial charge is 0.325 e. The zero-order valence-electron chi connectivity index (χ0n) is 16.2. The van der Waals surface area contributed by atoms with Crippen LogP contribution >= 0.6 is 11.8 Å². The summed E-state index contributed by atoms with van der Waals surface area (Å²) in [5.41, 5.74) is 6.15. The predicted molar refractivity (Wildman–Crippen MR) is 112 cm³/mol. The molecule has 1 amide bonds. The Morgan fingerprint density at radius 1 is 1.17 bits per heavy atom. The standard InChI is InChI=1S/C21H22FN5OS/c1-3-4-17-24-25-21-27(17)26-18(14-7-5-13(2)6-8-14)19(29-21)20(28)23-16-11-9-15(22)10-12-16/h5-12,18-19,26H,3-4H2,1-2H3,(H,23,28)/t18-,19-/m0/s1. The van der Waals surface area contributed by atoms with Crippen LogP contribution in [0.25, 0.3) is 0 Å². The van der Waals surface area contributed by atoms with Crippen LogP contribution < -0.4 is 10.7 Å². The monoisotopic (exact) mass is 411 g/mol. The number of carbonyl (C=O) groups excluding carboxylic acids is 1. The molecule has 0 bridgehead atoms. The Bertz CT molecular complexity index is 1000. The molecule has 4 rings (SSSR count). The van der Waals surface area contributed by atoms with E-state index in [0.717, 1.165) is 29.8 Å². The highest BCUT2D eigenvalue weighted by Crippen LogP contribution is 2.37. The van der Waals surface area contributed by atoms with Crippen molar-refractivity contribution in [2.24, 2.45) is 0 Å². The molecule has 150 valence electrons. The van der Waals surface area contributed by atoms with Crippen molar-refractivity contribution < 1.29 is 9.18 Å². The molecular weight excluding hydrogens is 389 g/mol. The summed E-state index contributed by atoms with van der Waals surface area (Å²) in [4.78, 5) is 13.1. The van der Waals surface area contributed by atoms with Gasteiger partial charge in [-0.05, 0) is 43.2 Å². The third kappa shape index (κ3) is 4.12. The number of amides is 1. The van der Waals surface area contributed by atoms with E-state index in [9.17, 15) is 9.18 Å². The number of carbonyl (C=O) groups is 1. The van der Waals surface area contributed by atoms with Crippen molar-refractivity contribution >= 4 is 23.4 Å². The number of rotatable bonds is 5. The molecule has 29 heavy (non-hydrogen) atoms. The van der Waals surface area contributed by atoms with Crippen LogP contribution in [-0.2, 0) is 11.2 Å². The topological polar surface area (TPSA) is 71.8 Å². The second-order valence-corrected chi connectivity index (χ2v) is 8.14. The van der Waals surface area contributed by atoms with Gasteiger partial charge in [0.2, 0.25) is 11.1 Å². The normalized spacial score (nSPS) is 18.0. The van der Waals surface area contributed by atoms with E-state index >= 15 is 0 Å². The van der Waals surface area contributed by atoms with Crippen molar-refractivity contribution in [1.82, 2.24) is 14.9 Å². The average molecular weight is 412 g/mol. The maximum atomic E-state index is 13.2. The second-order valence-electron chi connectivity index (χ2n) is 7.04. The number of halogens is 1. The first-order chi connectivity index (χ1) is 14.0. The van der Waals surface area contributed by atoms with Crippen LogP contribution in [0.3, 0.4) is 0 Å². The molecule has 1 aliphatic rings. The lowest BCUT2D eigenvalue weighted by atomic mass is 10.0. The molecule has 0 fully saturated rings. The van der Waals surface area contributed by atoms with Gasteiger partial charge in [0.25, 0.3) is 0 Å². The number of nitrogens with one attached hydrogen (secondary N) is 2. The van der Waals surface area contributed by atoms with Gasteiger partial charge in [0.05, 0.1) is 6.04 Å². The molecule has 0 radical (unpaired) electrons. The Kier molecular flexibility index (Phi) is 5.53. The number of benzene rings is 2. The Labute approximate surface area is 172 Å². The molecule has 2 aromatic carbocycles. The van der Waals surface area contributed by atoms with Crippen molar-refractivity contribution in [3.05, 3.63) is 71.3 Å². The minimum Gasteiger partial charge on any atom is -0.325 e. The first kappa shape index (κ1) is 19.4. The molecule has 2 heterocycles. The minimum atomic E-state index is -0.464. The lowest BCUT2D eigenvalue weighted by Gasteiger charge is -2.33. The van der Waals surface area contributed by atoms with Gasteiger partial charge in [0.1, 0.15) is 11.1 Å². The molecule has 6 nitrogen and oxygen atoms in total. The van der Waals surface area contributed by atoms with Crippen LogP contribution in [0.15, 0.2) is 53.7 Å². The van der Waals surface area contributed by atoms with Crippen LogP contribution in [0.5, 0.6) is 0 Å². The van der Waals surface area contributed by atoms with Gasteiger partial charge in [-0.15, -0.1) is 10.2 Å². The van der Waals surface area contributed by atoms with E-state index in [0.29, 0.717) is 10.8 Å². The molecule has 8 heteroatoms. The van der Waals surface area contributed by atoms with E-state index in [1.165, 1.54) is 23.9 Å². The summed E-state index contributed by atoms with van der Waals surface area (Å²) in [6, 6.07) is 13.6. The third-order valence-electron chi connectivity index (χ3n) is 4.78. The number of thioether (sulfide) groups is 1. The van der Waals surface area contributed by atoms with Crippen molar-refractivity contribution in [2.75, 3.05) is 10.7 Å². The summed E-state index contributed by atoms with van der Waals surface area (Å²) in [5.74, 6) is 0.335. The molecule has 1 aromatic heterocycles. The number of fused-ring (bicyclic) bond motifs is 1.